The molecule has 1 fully saturated rings. The highest BCUT2D eigenvalue weighted by Crippen LogP contribution is 2.15. The molecule has 5 nitrogen and oxygen atoms in total. The lowest BCUT2D eigenvalue weighted by Crippen LogP contribution is -2.39. The van der Waals surface area contributed by atoms with E-state index in [2.05, 4.69) is 14.6 Å². The fourth-order valence-corrected chi connectivity index (χ4v) is 2.51. The lowest BCUT2D eigenvalue weighted by Gasteiger charge is -2.32. The van der Waals surface area contributed by atoms with Crippen LogP contribution in [-0.2, 0) is 16.0 Å². The normalized spacial score (nSPS) is 19.8. The van der Waals surface area contributed by atoms with Crippen LogP contribution in [-0.4, -0.2) is 48.8 Å². The fourth-order valence-electron chi connectivity index (χ4n) is 2.51. The summed E-state index contributed by atoms with van der Waals surface area (Å²) in [5, 5.41) is 0. The molecule has 1 aromatic heterocycles. The molecule has 0 N–H and O–H groups in total. The number of aromatic nitrogens is 1. The van der Waals surface area contributed by atoms with Crippen LogP contribution in [0.4, 0.5) is 0 Å². The smallest absolute Gasteiger partial charge is 0.339 e. The van der Waals surface area contributed by atoms with Crippen molar-refractivity contribution in [2.24, 2.45) is 0 Å². The Balaban J connectivity index is 1.91. The first-order valence-electron chi connectivity index (χ1n) is 7.10. The Labute approximate surface area is 119 Å². The third-order valence-electron chi connectivity index (χ3n) is 3.50. The van der Waals surface area contributed by atoms with Crippen molar-refractivity contribution in [2.45, 2.75) is 32.4 Å². The summed E-state index contributed by atoms with van der Waals surface area (Å²) in [6, 6.07) is 3.65. The molecule has 1 atom stereocenters. The van der Waals surface area contributed by atoms with Crippen molar-refractivity contribution in [3.63, 3.8) is 0 Å². The first-order valence-corrected chi connectivity index (χ1v) is 7.10. The van der Waals surface area contributed by atoms with Crippen LogP contribution >= 0.6 is 0 Å². The molecule has 0 spiro atoms. The van der Waals surface area contributed by atoms with Crippen LogP contribution < -0.4 is 0 Å². The van der Waals surface area contributed by atoms with E-state index in [1.165, 1.54) is 7.11 Å². The van der Waals surface area contributed by atoms with Gasteiger partial charge in [0.15, 0.2) is 0 Å². The minimum absolute atomic E-state index is 0.336. The number of ether oxygens (including phenoxy) is 2. The maximum absolute atomic E-state index is 11.3. The van der Waals surface area contributed by atoms with E-state index in [0.29, 0.717) is 11.7 Å². The monoisotopic (exact) mass is 278 g/mol. The number of nitrogens with zero attached hydrogens (tertiary/aromatic N) is 2. The van der Waals surface area contributed by atoms with E-state index in [-0.39, 0.29) is 5.97 Å². The zero-order valence-electron chi connectivity index (χ0n) is 12.2. The molecule has 0 bridgehead atoms. The lowest BCUT2D eigenvalue weighted by molar-refractivity contribution is 0.00332. The lowest BCUT2D eigenvalue weighted by atomic mass is 10.1. The molecule has 1 aliphatic rings. The summed E-state index contributed by atoms with van der Waals surface area (Å²) in [6.45, 7) is 5.62. The van der Waals surface area contributed by atoms with Gasteiger partial charge in [0.2, 0.25) is 0 Å². The average Bonchev–Trinajstić information content (AvgIpc) is 2.48. The highest BCUT2D eigenvalue weighted by Gasteiger charge is 2.20. The number of methoxy groups -OCH3 is 1. The molecular formula is C15H22N2O3. The van der Waals surface area contributed by atoms with Crippen molar-refractivity contribution in [2.75, 3.05) is 26.8 Å². The van der Waals surface area contributed by atoms with E-state index in [1.54, 1.807) is 12.3 Å². The predicted molar refractivity (Wildman–Crippen MR) is 75.5 cm³/mol. The van der Waals surface area contributed by atoms with Crippen molar-refractivity contribution >= 4 is 5.97 Å². The second-order valence-electron chi connectivity index (χ2n) is 4.98. The molecule has 2 rings (SSSR count). The number of piperidine rings is 1. The molecule has 0 amide bonds. The molecule has 1 saturated heterocycles. The molecule has 1 aliphatic heterocycles. The quantitative estimate of drug-likeness (QED) is 0.770. The zero-order valence-corrected chi connectivity index (χ0v) is 12.2. The van der Waals surface area contributed by atoms with Gasteiger partial charge in [0.05, 0.1) is 24.5 Å². The van der Waals surface area contributed by atoms with Crippen molar-refractivity contribution < 1.29 is 14.3 Å². The molecule has 110 valence electrons. The number of rotatable bonds is 5. The van der Waals surface area contributed by atoms with Crippen molar-refractivity contribution in [1.29, 1.82) is 0 Å². The minimum Gasteiger partial charge on any atom is -0.465 e. The van der Waals surface area contributed by atoms with Crippen LogP contribution in [0, 0.1) is 0 Å². The van der Waals surface area contributed by atoms with Crippen molar-refractivity contribution in [1.82, 2.24) is 9.88 Å². The minimum atomic E-state index is -0.349. The Morgan fingerprint density at radius 2 is 2.35 bits per heavy atom. The van der Waals surface area contributed by atoms with Gasteiger partial charge in [-0.1, -0.05) is 0 Å². The summed E-state index contributed by atoms with van der Waals surface area (Å²) in [5.41, 5.74) is 1.46. The second kappa shape index (κ2) is 7.36. The van der Waals surface area contributed by atoms with E-state index < -0.39 is 0 Å². The van der Waals surface area contributed by atoms with Crippen LogP contribution in [0.25, 0.3) is 0 Å². The third-order valence-corrected chi connectivity index (χ3v) is 3.50. The Morgan fingerprint density at radius 3 is 3.00 bits per heavy atom. The summed E-state index contributed by atoms with van der Waals surface area (Å²) in [6.07, 6.45) is 4.21. The van der Waals surface area contributed by atoms with Crippen molar-refractivity contribution in [3.05, 3.63) is 29.6 Å². The van der Waals surface area contributed by atoms with E-state index in [4.69, 9.17) is 4.74 Å². The molecule has 20 heavy (non-hydrogen) atoms. The van der Waals surface area contributed by atoms with Crippen LogP contribution in [0.2, 0.25) is 0 Å². The van der Waals surface area contributed by atoms with Gasteiger partial charge in [-0.05, 0) is 38.4 Å². The summed E-state index contributed by atoms with van der Waals surface area (Å²) in [5.74, 6) is -0.349. The predicted octanol–water partition coefficient (Wildman–Crippen LogP) is 1.87. The van der Waals surface area contributed by atoms with Crippen molar-refractivity contribution in [3.8, 4) is 0 Å². The molecule has 0 radical (unpaired) electrons. The molecule has 0 saturated carbocycles. The first-order chi connectivity index (χ1) is 9.72. The van der Waals surface area contributed by atoms with E-state index >= 15 is 0 Å². The van der Waals surface area contributed by atoms with Gasteiger partial charge in [0, 0.05) is 25.9 Å². The van der Waals surface area contributed by atoms with E-state index in [1.807, 2.05) is 13.0 Å². The summed E-state index contributed by atoms with van der Waals surface area (Å²) in [7, 11) is 1.37. The summed E-state index contributed by atoms with van der Waals surface area (Å²) in [4.78, 5) is 18.0. The van der Waals surface area contributed by atoms with Crippen LogP contribution in [0.1, 0.15) is 35.8 Å². The second-order valence-corrected chi connectivity index (χ2v) is 4.98. The van der Waals surface area contributed by atoms with Gasteiger partial charge in [-0.15, -0.1) is 0 Å². The fraction of sp³-hybridized carbons (Fsp3) is 0.600. The molecule has 1 unspecified atom stereocenters. The zero-order chi connectivity index (χ0) is 14.4. The molecule has 0 aromatic carbocycles. The Hall–Kier alpha value is -1.46. The van der Waals surface area contributed by atoms with Crippen LogP contribution in [0.5, 0.6) is 0 Å². The molecule has 5 heteroatoms. The van der Waals surface area contributed by atoms with Gasteiger partial charge < -0.3 is 9.47 Å². The molecule has 1 aromatic rings. The number of carbonyl (C=O) groups is 1. The Kier molecular flexibility index (Phi) is 5.49. The molecule has 0 aliphatic carbocycles. The summed E-state index contributed by atoms with van der Waals surface area (Å²) < 4.78 is 10.4. The van der Waals surface area contributed by atoms with Gasteiger partial charge in [-0.3, -0.25) is 9.88 Å². The molecule has 2 heterocycles. The van der Waals surface area contributed by atoms with Gasteiger partial charge in [0.1, 0.15) is 0 Å². The number of hydrogen-bond donors (Lipinski definition) is 0. The maximum Gasteiger partial charge on any atom is 0.339 e. The average molecular weight is 278 g/mol. The maximum atomic E-state index is 11.3. The van der Waals surface area contributed by atoms with Gasteiger partial charge in [-0.25, -0.2) is 4.79 Å². The standard InChI is InChI=1S/C15H22N2O3/c1-3-20-14-5-4-8-17(11-14)10-13-7-6-12(9-16-13)15(18)19-2/h6-7,9,14H,3-5,8,10-11H2,1-2H3. The van der Waals surface area contributed by atoms with Gasteiger partial charge in [-0.2, -0.15) is 0 Å². The van der Waals surface area contributed by atoms with Gasteiger partial charge in [0.25, 0.3) is 0 Å². The highest BCUT2D eigenvalue weighted by molar-refractivity contribution is 5.88. The summed E-state index contributed by atoms with van der Waals surface area (Å²) >= 11 is 0. The Bertz CT molecular complexity index is 431. The molecular weight excluding hydrogens is 256 g/mol. The van der Waals surface area contributed by atoms with Crippen LogP contribution in [0.3, 0.4) is 0 Å². The van der Waals surface area contributed by atoms with E-state index in [9.17, 15) is 4.79 Å². The largest absolute Gasteiger partial charge is 0.465 e. The first kappa shape index (κ1) is 14.9. The number of hydrogen-bond acceptors (Lipinski definition) is 5. The van der Waals surface area contributed by atoms with Gasteiger partial charge >= 0.3 is 5.97 Å². The third kappa shape index (κ3) is 4.02. The topological polar surface area (TPSA) is 51.7 Å². The number of esters is 1. The Morgan fingerprint density at radius 1 is 1.50 bits per heavy atom. The SMILES string of the molecule is CCOC1CCCN(Cc2ccc(C(=O)OC)cn2)C1. The highest BCUT2D eigenvalue weighted by atomic mass is 16.5. The van der Waals surface area contributed by atoms with E-state index in [0.717, 1.165) is 44.8 Å². The number of likely N-dealkylation sites (tertiary alicyclic amines) is 1. The van der Waals surface area contributed by atoms with Crippen LogP contribution in [0.15, 0.2) is 18.3 Å². The number of carbonyl (C=O) groups excluding carboxylic acids is 1. The number of pyridine rings is 1.